The van der Waals surface area contributed by atoms with Gasteiger partial charge in [0.15, 0.2) is 5.69 Å². The molecule has 1 heterocycles. The topological polar surface area (TPSA) is 89.1 Å². The molecule has 5 nitrogen and oxygen atoms in total. The molecule has 0 bridgehead atoms. The Balaban J connectivity index is 2.83. The largest absolute Gasteiger partial charge is 0.492 e. The Labute approximate surface area is 82.0 Å². The molecule has 0 fully saturated rings. The zero-order chi connectivity index (χ0) is 10.6. The van der Waals surface area contributed by atoms with Gasteiger partial charge in [0, 0.05) is 6.20 Å². The van der Waals surface area contributed by atoms with Gasteiger partial charge in [-0.05, 0) is 12.8 Å². The highest BCUT2D eigenvalue weighted by Gasteiger charge is 2.10. The van der Waals surface area contributed by atoms with Gasteiger partial charge in [-0.15, -0.1) is 0 Å². The molecule has 0 saturated heterocycles. The number of unbranched alkanes of at least 4 members (excludes halogenated alkanes) is 1. The van der Waals surface area contributed by atoms with Gasteiger partial charge in [0.25, 0.3) is 5.91 Å². The third-order valence-corrected chi connectivity index (χ3v) is 1.82. The van der Waals surface area contributed by atoms with Crippen LogP contribution in [0.25, 0.3) is 0 Å². The van der Waals surface area contributed by atoms with E-state index in [1.165, 1.54) is 6.20 Å². The van der Waals surface area contributed by atoms with E-state index in [2.05, 4.69) is 16.9 Å². The highest BCUT2D eigenvalue weighted by Crippen LogP contribution is 2.11. The maximum absolute atomic E-state index is 10.7. The summed E-state index contributed by atoms with van der Waals surface area (Å²) in [6.45, 7) is 2.06. The van der Waals surface area contributed by atoms with Crippen LogP contribution in [-0.2, 0) is 6.42 Å². The van der Waals surface area contributed by atoms with Crippen molar-refractivity contribution in [3.05, 3.63) is 17.6 Å². The summed E-state index contributed by atoms with van der Waals surface area (Å²) in [5.74, 6) is -1.15. The lowest BCUT2D eigenvalue weighted by atomic mass is 10.2. The number of carbonyl (C=O) groups is 1. The van der Waals surface area contributed by atoms with E-state index in [1.807, 2.05) is 0 Å². The molecule has 0 aliphatic carbocycles. The molecular formula is C9H13N3O2. The summed E-state index contributed by atoms with van der Waals surface area (Å²) in [5.41, 5.74) is 5.46. The van der Waals surface area contributed by atoms with Crippen molar-refractivity contribution in [1.82, 2.24) is 9.97 Å². The van der Waals surface area contributed by atoms with Crippen LogP contribution in [0, 0.1) is 0 Å². The minimum absolute atomic E-state index is 0.176. The first-order chi connectivity index (χ1) is 6.65. The molecule has 0 aliphatic heterocycles. The molecule has 76 valence electrons. The number of rotatable bonds is 4. The highest BCUT2D eigenvalue weighted by molar-refractivity contribution is 5.92. The van der Waals surface area contributed by atoms with Crippen molar-refractivity contribution in [2.24, 2.45) is 5.73 Å². The molecular weight excluding hydrogens is 182 g/mol. The highest BCUT2D eigenvalue weighted by atomic mass is 16.3. The van der Waals surface area contributed by atoms with Gasteiger partial charge in [-0.1, -0.05) is 13.3 Å². The minimum atomic E-state index is -0.767. The van der Waals surface area contributed by atoms with Crippen LogP contribution in [0.5, 0.6) is 5.88 Å². The zero-order valence-corrected chi connectivity index (χ0v) is 8.03. The fourth-order valence-electron chi connectivity index (χ4n) is 1.07. The average molecular weight is 195 g/mol. The van der Waals surface area contributed by atoms with Gasteiger partial charge in [0.2, 0.25) is 5.88 Å². The van der Waals surface area contributed by atoms with Crippen molar-refractivity contribution in [1.29, 1.82) is 0 Å². The van der Waals surface area contributed by atoms with E-state index in [-0.39, 0.29) is 11.6 Å². The Morgan fingerprint density at radius 2 is 2.36 bits per heavy atom. The third kappa shape index (κ3) is 2.42. The van der Waals surface area contributed by atoms with Crippen molar-refractivity contribution in [2.45, 2.75) is 26.2 Å². The molecule has 1 rings (SSSR count). The van der Waals surface area contributed by atoms with Crippen molar-refractivity contribution >= 4 is 5.91 Å². The van der Waals surface area contributed by atoms with Crippen LogP contribution in [0.1, 0.15) is 35.9 Å². The van der Waals surface area contributed by atoms with E-state index < -0.39 is 5.91 Å². The summed E-state index contributed by atoms with van der Waals surface area (Å²) >= 11 is 0. The number of nitrogens with two attached hydrogens (primary N) is 1. The normalized spacial score (nSPS) is 10.1. The predicted molar refractivity (Wildman–Crippen MR) is 50.8 cm³/mol. The second-order valence-corrected chi connectivity index (χ2v) is 3.00. The van der Waals surface area contributed by atoms with Gasteiger partial charge >= 0.3 is 0 Å². The Morgan fingerprint density at radius 3 is 2.86 bits per heavy atom. The SMILES string of the molecule is CCCCc1cnc(C(N)=O)c(O)n1. The number of hydrogen-bond donors (Lipinski definition) is 2. The zero-order valence-electron chi connectivity index (χ0n) is 8.03. The molecule has 5 heteroatoms. The number of amides is 1. The van der Waals surface area contributed by atoms with Crippen LogP contribution >= 0.6 is 0 Å². The first kappa shape index (κ1) is 10.4. The molecule has 0 aliphatic rings. The van der Waals surface area contributed by atoms with Crippen molar-refractivity contribution in [3.63, 3.8) is 0 Å². The molecule has 0 saturated carbocycles. The van der Waals surface area contributed by atoms with Crippen LogP contribution in [0.15, 0.2) is 6.20 Å². The molecule has 0 atom stereocenters. The van der Waals surface area contributed by atoms with Gasteiger partial charge < -0.3 is 10.8 Å². The number of aryl methyl sites for hydroxylation is 1. The van der Waals surface area contributed by atoms with E-state index in [9.17, 15) is 9.90 Å². The Kier molecular flexibility index (Phi) is 3.39. The van der Waals surface area contributed by atoms with Crippen LogP contribution in [0.3, 0.4) is 0 Å². The Bertz CT molecular complexity index is 339. The second kappa shape index (κ2) is 4.55. The monoisotopic (exact) mass is 195 g/mol. The van der Waals surface area contributed by atoms with Gasteiger partial charge in [-0.2, -0.15) is 0 Å². The van der Waals surface area contributed by atoms with E-state index in [4.69, 9.17) is 5.73 Å². The number of carbonyl (C=O) groups excluding carboxylic acids is 1. The second-order valence-electron chi connectivity index (χ2n) is 3.00. The summed E-state index contributed by atoms with van der Waals surface area (Å²) in [4.78, 5) is 18.3. The lowest BCUT2D eigenvalue weighted by Gasteiger charge is -2.01. The molecule has 1 amide bonds. The maximum atomic E-state index is 10.7. The molecule has 0 unspecified atom stereocenters. The predicted octanol–water partition coefficient (Wildman–Crippen LogP) is 0.624. The number of aromatic hydroxyl groups is 1. The third-order valence-electron chi connectivity index (χ3n) is 1.82. The van der Waals surface area contributed by atoms with Gasteiger partial charge in [-0.25, -0.2) is 9.97 Å². The van der Waals surface area contributed by atoms with E-state index in [0.29, 0.717) is 5.69 Å². The smallest absolute Gasteiger partial charge is 0.272 e. The summed E-state index contributed by atoms with van der Waals surface area (Å²) in [7, 11) is 0. The minimum Gasteiger partial charge on any atom is -0.492 e. The van der Waals surface area contributed by atoms with E-state index >= 15 is 0 Å². The van der Waals surface area contributed by atoms with Gasteiger partial charge in [0.05, 0.1) is 5.69 Å². The van der Waals surface area contributed by atoms with Crippen LogP contribution in [-0.4, -0.2) is 21.0 Å². The molecule has 14 heavy (non-hydrogen) atoms. The summed E-state index contributed by atoms with van der Waals surface area (Å²) < 4.78 is 0. The number of hydrogen-bond acceptors (Lipinski definition) is 4. The molecule has 1 aromatic heterocycles. The Morgan fingerprint density at radius 1 is 1.64 bits per heavy atom. The Hall–Kier alpha value is -1.65. The molecule has 0 aromatic carbocycles. The molecule has 0 spiro atoms. The molecule has 0 radical (unpaired) electrons. The fraction of sp³-hybridized carbons (Fsp3) is 0.444. The number of primary amides is 1. The van der Waals surface area contributed by atoms with Crippen molar-refractivity contribution in [2.75, 3.05) is 0 Å². The molecule has 3 N–H and O–H groups in total. The fourth-order valence-corrected chi connectivity index (χ4v) is 1.07. The average Bonchev–Trinajstić information content (AvgIpc) is 2.14. The van der Waals surface area contributed by atoms with E-state index in [0.717, 1.165) is 19.3 Å². The maximum Gasteiger partial charge on any atom is 0.272 e. The van der Waals surface area contributed by atoms with Crippen LogP contribution in [0.2, 0.25) is 0 Å². The van der Waals surface area contributed by atoms with Crippen molar-refractivity contribution in [3.8, 4) is 5.88 Å². The standard InChI is InChI=1S/C9H13N3O2/c1-2-3-4-6-5-11-7(8(10)13)9(14)12-6/h5H,2-4H2,1H3,(H2,10,13)(H,12,14). The van der Waals surface area contributed by atoms with Crippen LogP contribution in [0.4, 0.5) is 0 Å². The molecule has 1 aromatic rings. The van der Waals surface area contributed by atoms with Gasteiger partial charge in [-0.3, -0.25) is 4.79 Å². The summed E-state index contributed by atoms with van der Waals surface area (Å²) in [5, 5.41) is 9.29. The van der Waals surface area contributed by atoms with Gasteiger partial charge in [0.1, 0.15) is 0 Å². The summed E-state index contributed by atoms with van der Waals surface area (Å²) in [6.07, 6.45) is 4.23. The first-order valence-corrected chi connectivity index (χ1v) is 4.49. The number of aromatic nitrogens is 2. The van der Waals surface area contributed by atoms with E-state index in [1.54, 1.807) is 0 Å². The first-order valence-electron chi connectivity index (χ1n) is 4.49. The van der Waals surface area contributed by atoms with Crippen LogP contribution < -0.4 is 5.73 Å². The summed E-state index contributed by atoms with van der Waals surface area (Å²) in [6, 6.07) is 0. The quantitative estimate of drug-likeness (QED) is 0.737. The lowest BCUT2D eigenvalue weighted by Crippen LogP contribution is -2.14. The number of nitrogens with zero attached hydrogens (tertiary/aromatic N) is 2. The lowest BCUT2D eigenvalue weighted by molar-refractivity contribution is 0.0992. The van der Waals surface area contributed by atoms with Crippen molar-refractivity contribution < 1.29 is 9.90 Å².